The largest absolute Gasteiger partial charge is 0.461 e. The maximum absolute atomic E-state index is 8.57. The molecule has 0 fully saturated rings. The van der Waals surface area contributed by atoms with Gasteiger partial charge in [-0.15, -0.1) is 0 Å². The first-order chi connectivity index (χ1) is 6.51. The highest BCUT2D eigenvalue weighted by molar-refractivity contribution is 5.19. The molecule has 5 nitrogen and oxygen atoms in total. The van der Waals surface area contributed by atoms with Crippen LogP contribution < -0.4 is 10.5 Å². The first-order valence-electron chi connectivity index (χ1n) is 4.16. The zero-order valence-electron chi connectivity index (χ0n) is 8.19. The van der Waals surface area contributed by atoms with Crippen LogP contribution in [0.4, 0.5) is 0 Å². The maximum Gasteiger partial charge on any atom is 0.317 e. The van der Waals surface area contributed by atoms with Crippen LogP contribution in [0.1, 0.15) is 19.5 Å². The van der Waals surface area contributed by atoms with Gasteiger partial charge in [-0.3, -0.25) is 0 Å². The molecule has 0 spiro atoms. The van der Waals surface area contributed by atoms with Crippen LogP contribution in [0.2, 0.25) is 0 Å². The molecule has 0 saturated carbocycles. The molecule has 0 amide bonds. The summed E-state index contributed by atoms with van der Waals surface area (Å²) in [5, 5.41) is 8.57. The van der Waals surface area contributed by atoms with E-state index in [0.29, 0.717) is 6.61 Å². The van der Waals surface area contributed by atoms with Gasteiger partial charge in [0.15, 0.2) is 0 Å². The normalized spacial score (nSPS) is 10.7. The van der Waals surface area contributed by atoms with Gasteiger partial charge in [0, 0.05) is 11.7 Å². The fourth-order valence-corrected chi connectivity index (χ4v) is 0.723. The van der Waals surface area contributed by atoms with E-state index in [1.54, 1.807) is 0 Å². The van der Waals surface area contributed by atoms with Gasteiger partial charge in [0.1, 0.15) is 18.4 Å². The summed E-state index contributed by atoms with van der Waals surface area (Å²) in [4.78, 5) is 7.69. The van der Waals surface area contributed by atoms with Crippen LogP contribution in [0.25, 0.3) is 0 Å². The summed E-state index contributed by atoms with van der Waals surface area (Å²) >= 11 is 0. The number of aromatic nitrogens is 2. The van der Waals surface area contributed by atoms with E-state index in [4.69, 9.17) is 15.7 Å². The van der Waals surface area contributed by atoms with Crippen molar-refractivity contribution in [3.05, 3.63) is 18.0 Å². The second-order valence-corrected chi connectivity index (χ2v) is 3.61. The average Bonchev–Trinajstić information content (AvgIpc) is 2.14. The minimum absolute atomic E-state index is 0.183. The minimum atomic E-state index is -0.438. The Morgan fingerprint density at radius 3 is 2.93 bits per heavy atom. The van der Waals surface area contributed by atoms with Crippen molar-refractivity contribution < 1.29 is 4.74 Å². The second-order valence-electron chi connectivity index (χ2n) is 3.61. The molecule has 0 aliphatic carbocycles. The topological polar surface area (TPSA) is 84.8 Å². The molecule has 5 heteroatoms. The summed E-state index contributed by atoms with van der Waals surface area (Å²) in [7, 11) is 0. The highest BCUT2D eigenvalue weighted by atomic mass is 16.5. The third-order valence-corrected chi connectivity index (χ3v) is 1.32. The average molecular weight is 192 g/mol. The number of rotatable bonds is 3. The Morgan fingerprint density at radius 1 is 1.64 bits per heavy atom. The SMILES string of the molecule is CC(C)(N)COc1nccc(C#N)n1. The van der Waals surface area contributed by atoms with Gasteiger partial charge in [-0.1, -0.05) is 0 Å². The van der Waals surface area contributed by atoms with Crippen molar-refractivity contribution in [1.82, 2.24) is 9.97 Å². The van der Waals surface area contributed by atoms with Gasteiger partial charge in [-0.25, -0.2) is 4.98 Å². The van der Waals surface area contributed by atoms with Gasteiger partial charge in [0.25, 0.3) is 0 Å². The molecule has 74 valence electrons. The van der Waals surface area contributed by atoms with E-state index in [1.165, 1.54) is 12.3 Å². The number of nitrogens with two attached hydrogens (primary N) is 1. The first-order valence-corrected chi connectivity index (χ1v) is 4.16. The molecule has 0 radical (unpaired) electrons. The highest BCUT2D eigenvalue weighted by Crippen LogP contribution is 2.05. The Balaban J connectivity index is 2.65. The zero-order valence-corrected chi connectivity index (χ0v) is 8.19. The lowest BCUT2D eigenvalue weighted by Crippen LogP contribution is -2.39. The van der Waals surface area contributed by atoms with Crippen molar-refractivity contribution >= 4 is 0 Å². The highest BCUT2D eigenvalue weighted by Gasteiger charge is 2.12. The van der Waals surface area contributed by atoms with Crippen LogP contribution in [-0.4, -0.2) is 22.1 Å². The Kier molecular flexibility index (Phi) is 2.99. The van der Waals surface area contributed by atoms with Crippen molar-refractivity contribution in [3.8, 4) is 12.1 Å². The lowest BCUT2D eigenvalue weighted by molar-refractivity contribution is 0.226. The zero-order chi connectivity index (χ0) is 10.6. The molecular weight excluding hydrogens is 180 g/mol. The second kappa shape index (κ2) is 4.03. The molecule has 0 aromatic carbocycles. The molecule has 1 aromatic rings. The van der Waals surface area contributed by atoms with Crippen molar-refractivity contribution in [2.24, 2.45) is 5.73 Å². The van der Waals surface area contributed by atoms with Gasteiger partial charge in [-0.2, -0.15) is 10.2 Å². The number of hydrogen-bond acceptors (Lipinski definition) is 5. The molecule has 0 atom stereocenters. The summed E-state index contributed by atoms with van der Waals surface area (Å²) in [5.41, 5.74) is 5.55. The van der Waals surface area contributed by atoms with Crippen LogP contribution in [0.5, 0.6) is 6.01 Å². The van der Waals surface area contributed by atoms with Crippen molar-refractivity contribution in [2.75, 3.05) is 6.61 Å². The fourth-order valence-electron chi connectivity index (χ4n) is 0.723. The quantitative estimate of drug-likeness (QED) is 0.752. The van der Waals surface area contributed by atoms with Crippen molar-refractivity contribution in [1.29, 1.82) is 5.26 Å². The van der Waals surface area contributed by atoms with Crippen LogP contribution in [0.3, 0.4) is 0 Å². The predicted molar refractivity (Wildman–Crippen MR) is 50.5 cm³/mol. The molecule has 0 aliphatic heterocycles. The summed E-state index contributed by atoms with van der Waals surface area (Å²) in [6.07, 6.45) is 1.48. The van der Waals surface area contributed by atoms with E-state index in [1.807, 2.05) is 19.9 Å². The van der Waals surface area contributed by atoms with Crippen LogP contribution in [0, 0.1) is 11.3 Å². The standard InChI is InChI=1S/C9H12N4O/c1-9(2,11)6-14-8-12-4-3-7(5-10)13-8/h3-4H,6,11H2,1-2H3. The number of nitrogens with zero attached hydrogens (tertiary/aromatic N) is 3. The van der Waals surface area contributed by atoms with Gasteiger partial charge < -0.3 is 10.5 Å². The Hall–Kier alpha value is -1.67. The van der Waals surface area contributed by atoms with E-state index < -0.39 is 5.54 Å². The molecule has 1 heterocycles. The first kappa shape index (κ1) is 10.4. The van der Waals surface area contributed by atoms with Crippen LogP contribution in [0.15, 0.2) is 12.3 Å². The lowest BCUT2D eigenvalue weighted by atomic mass is 10.1. The van der Waals surface area contributed by atoms with E-state index >= 15 is 0 Å². The fraction of sp³-hybridized carbons (Fsp3) is 0.444. The molecule has 0 unspecified atom stereocenters. The summed E-state index contributed by atoms with van der Waals surface area (Å²) in [6, 6.07) is 3.60. The van der Waals surface area contributed by atoms with Crippen molar-refractivity contribution in [2.45, 2.75) is 19.4 Å². The summed E-state index contributed by atoms with van der Waals surface area (Å²) in [5.74, 6) is 0. The number of ether oxygens (including phenoxy) is 1. The summed E-state index contributed by atoms with van der Waals surface area (Å²) in [6.45, 7) is 3.98. The molecule has 0 bridgehead atoms. The minimum Gasteiger partial charge on any atom is -0.461 e. The Labute approximate surface area is 82.5 Å². The third kappa shape index (κ3) is 3.37. The van der Waals surface area contributed by atoms with Crippen molar-refractivity contribution in [3.63, 3.8) is 0 Å². The predicted octanol–water partition coefficient (Wildman–Crippen LogP) is 0.464. The maximum atomic E-state index is 8.57. The molecule has 1 rings (SSSR count). The molecule has 1 aromatic heterocycles. The lowest BCUT2D eigenvalue weighted by Gasteiger charge is -2.17. The monoisotopic (exact) mass is 192 g/mol. The van der Waals surface area contributed by atoms with Crippen LogP contribution >= 0.6 is 0 Å². The van der Waals surface area contributed by atoms with E-state index in [2.05, 4.69) is 9.97 Å². The molecule has 14 heavy (non-hydrogen) atoms. The Bertz CT molecular complexity index is 351. The molecule has 0 aliphatic rings. The van der Waals surface area contributed by atoms with Gasteiger partial charge in [-0.05, 0) is 19.9 Å². The van der Waals surface area contributed by atoms with Gasteiger partial charge in [0.2, 0.25) is 0 Å². The molecular formula is C9H12N4O. The van der Waals surface area contributed by atoms with E-state index in [9.17, 15) is 0 Å². The third-order valence-electron chi connectivity index (χ3n) is 1.32. The molecule has 0 saturated heterocycles. The number of hydrogen-bond donors (Lipinski definition) is 1. The van der Waals surface area contributed by atoms with Gasteiger partial charge in [0.05, 0.1) is 0 Å². The van der Waals surface area contributed by atoms with E-state index in [-0.39, 0.29) is 11.7 Å². The Morgan fingerprint density at radius 2 is 2.36 bits per heavy atom. The summed E-state index contributed by atoms with van der Waals surface area (Å²) < 4.78 is 5.21. The van der Waals surface area contributed by atoms with Crippen LogP contribution in [-0.2, 0) is 0 Å². The van der Waals surface area contributed by atoms with Gasteiger partial charge >= 0.3 is 6.01 Å². The molecule has 2 N–H and O–H groups in total. The smallest absolute Gasteiger partial charge is 0.317 e. The van der Waals surface area contributed by atoms with E-state index in [0.717, 1.165) is 0 Å². The number of nitriles is 1.